The Bertz CT molecular complexity index is 767. The summed E-state index contributed by atoms with van der Waals surface area (Å²) in [5, 5.41) is 14.6. The number of nitro groups is 1. The lowest BCUT2D eigenvalue weighted by Gasteiger charge is -2.35. The minimum atomic E-state index is -0.457. The summed E-state index contributed by atoms with van der Waals surface area (Å²) in [6, 6.07) is 4.62. The van der Waals surface area contributed by atoms with Crippen molar-refractivity contribution in [2.24, 2.45) is 11.7 Å². The average Bonchev–Trinajstić information content (AvgIpc) is 3.14. The fourth-order valence-electron chi connectivity index (χ4n) is 4.10. The Morgan fingerprint density at radius 3 is 2.52 bits per heavy atom. The molecule has 1 aliphatic carbocycles. The van der Waals surface area contributed by atoms with Crippen LogP contribution in [-0.2, 0) is 4.79 Å². The van der Waals surface area contributed by atoms with Crippen LogP contribution >= 0.6 is 12.4 Å². The van der Waals surface area contributed by atoms with Crippen LogP contribution in [0.4, 0.5) is 11.4 Å². The van der Waals surface area contributed by atoms with E-state index in [4.69, 9.17) is 5.73 Å². The number of hydrogen-bond acceptors (Lipinski definition) is 6. The predicted octanol–water partition coefficient (Wildman–Crippen LogP) is 1.54. The highest BCUT2D eigenvalue weighted by Crippen LogP contribution is 2.31. The fourth-order valence-corrected chi connectivity index (χ4v) is 4.10. The van der Waals surface area contributed by atoms with E-state index in [0.29, 0.717) is 38.4 Å². The van der Waals surface area contributed by atoms with Crippen LogP contribution in [0.1, 0.15) is 36.5 Å². The van der Waals surface area contributed by atoms with E-state index in [1.165, 1.54) is 13.0 Å². The molecule has 0 radical (unpaired) electrons. The van der Waals surface area contributed by atoms with Gasteiger partial charge in [-0.25, -0.2) is 0 Å². The first-order chi connectivity index (χ1) is 13.4. The maximum absolute atomic E-state index is 12.6. The number of anilines is 1. The third-order valence-electron chi connectivity index (χ3n) is 5.78. The van der Waals surface area contributed by atoms with Gasteiger partial charge in [0.15, 0.2) is 0 Å². The highest BCUT2D eigenvalue weighted by molar-refractivity contribution is 5.96. The maximum Gasteiger partial charge on any atom is 0.293 e. The van der Waals surface area contributed by atoms with Gasteiger partial charge in [0.05, 0.1) is 4.92 Å². The smallest absolute Gasteiger partial charge is 0.293 e. The largest absolute Gasteiger partial charge is 0.362 e. The van der Waals surface area contributed by atoms with Crippen molar-refractivity contribution in [2.75, 3.05) is 37.6 Å². The van der Waals surface area contributed by atoms with Gasteiger partial charge in [-0.15, -0.1) is 12.4 Å². The second-order valence-electron chi connectivity index (χ2n) is 7.46. The molecule has 160 valence electrons. The van der Waals surface area contributed by atoms with Crippen molar-refractivity contribution in [3.8, 4) is 0 Å². The van der Waals surface area contributed by atoms with E-state index < -0.39 is 4.92 Å². The van der Waals surface area contributed by atoms with Crippen LogP contribution in [0.15, 0.2) is 18.2 Å². The summed E-state index contributed by atoms with van der Waals surface area (Å²) in [7, 11) is 0. The van der Waals surface area contributed by atoms with Gasteiger partial charge in [-0.1, -0.05) is 6.42 Å². The maximum atomic E-state index is 12.6. The second-order valence-corrected chi connectivity index (χ2v) is 7.46. The summed E-state index contributed by atoms with van der Waals surface area (Å²) in [6.45, 7) is 4.13. The number of nitrogens with one attached hydrogen (secondary N) is 1. The molecule has 29 heavy (non-hydrogen) atoms. The first-order valence-corrected chi connectivity index (χ1v) is 9.70. The minimum Gasteiger partial charge on any atom is -0.362 e. The zero-order chi connectivity index (χ0) is 20.3. The summed E-state index contributed by atoms with van der Waals surface area (Å²) in [6.07, 6.45) is 2.90. The highest BCUT2D eigenvalue weighted by Gasteiger charge is 2.29. The molecule has 3 N–H and O–H groups in total. The number of nitro benzene ring substituents is 1. The lowest BCUT2D eigenvalue weighted by molar-refractivity contribution is -0.384. The van der Waals surface area contributed by atoms with Gasteiger partial charge in [-0.05, 0) is 37.4 Å². The highest BCUT2D eigenvalue weighted by atomic mass is 35.5. The fraction of sp³-hybridized carbons (Fsp3) is 0.579. The van der Waals surface area contributed by atoms with Crippen molar-refractivity contribution in [3.63, 3.8) is 0 Å². The van der Waals surface area contributed by atoms with Crippen LogP contribution in [0.3, 0.4) is 0 Å². The third kappa shape index (κ3) is 5.16. The number of halogens is 1. The zero-order valence-corrected chi connectivity index (χ0v) is 17.3. The number of piperazine rings is 1. The van der Waals surface area contributed by atoms with Gasteiger partial charge >= 0.3 is 0 Å². The lowest BCUT2D eigenvalue weighted by Crippen LogP contribution is -2.48. The number of amides is 2. The Labute approximate surface area is 176 Å². The molecule has 0 spiro atoms. The van der Waals surface area contributed by atoms with Gasteiger partial charge in [-0.2, -0.15) is 0 Å². The molecule has 0 aromatic heterocycles. The van der Waals surface area contributed by atoms with Crippen LogP contribution < -0.4 is 16.0 Å². The van der Waals surface area contributed by atoms with Crippen LogP contribution in [0.5, 0.6) is 0 Å². The summed E-state index contributed by atoms with van der Waals surface area (Å²) in [4.78, 5) is 38.9. The molecule has 1 saturated heterocycles. The van der Waals surface area contributed by atoms with Crippen molar-refractivity contribution in [3.05, 3.63) is 33.9 Å². The SMILES string of the molecule is CC(=O)N1CCN(c2ccc(C(=O)NC3CCCC3CN)cc2[N+](=O)[O-])CC1.Cl. The number of hydrogen-bond donors (Lipinski definition) is 2. The number of carbonyl (C=O) groups excluding carboxylic acids is 2. The molecule has 1 heterocycles. The molecule has 1 aromatic carbocycles. The number of rotatable bonds is 5. The lowest BCUT2D eigenvalue weighted by atomic mass is 10.0. The molecular formula is C19H28ClN5O4. The molecule has 1 saturated carbocycles. The number of nitrogens with two attached hydrogens (primary N) is 1. The van der Waals surface area contributed by atoms with Crippen LogP contribution in [0.25, 0.3) is 0 Å². The van der Waals surface area contributed by atoms with E-state index in [-0.39, 0.29) is 47.4 Å². The number of nitrogens with zero attached hydrogens (tertiary/aromatic N) is 3. The predicted molar refractivity (Wildman–Crippen MR) is 112 cm³/mol. The topological polar surface area (TPSA) is 122 Å². The molecule has 9 nitrogen and oxygen atoms in total. The second kappa shape index (κ2) is 9.89. The average molecular weight is 426 g/mol. The molecule has 2 unspecified atom stereocenters. The van der Waals surface area contributed by atoms with E-state index in [2.05, 4.69) is 5.32 Å². The first kappa shape index (κ1) is 22.9. The van der Waals surface area contributed by atoms with E-state index in [1.807, 2.05) is 4.90 Å². The molecule has 2 aliphatic rings. The minimum absolute atomic E-state index is 0. The summed E-state index contributed by atoms with van der Waals surface area (Å²) in [5.41, 5.74) is 6.43. The Morgan fingerprint density at radius 2 is 1.93 bits per heavy atom. The molecule has 0 bridgehead atoms. The van der Waals surface area contributed by atoms with Crippen molar-refractivity contribution in [2.45, 2.75) is 32.2 Å². The van der Waals surface area contributed by atoms with Crippen molar-refractivity contribution >= 4 is 35.6 Å². The van der Waals surface area contributed by atoms with Gasteiger partial charge in [-0.3, -0.25) is 19.7 Å². The van der Waals surface area contributed by atoms with Crippen molar-refractivity contribution in [1.29, 1.82) is 0 Å². The Hall–Kier alpha value is -2.39. The Kier molecular flexibility index (Phi) is 7.80. The van der Waals surface area contributed by atoms with Crippen molar-refractivity contribution in [1.82, 2.24) is 10.2 Å². The molecule has 3 rings (SSSR count). The van der Waals surface area contributed by atoms with Crippen molar-refractivity contribution < 1.29 is 14.5 Å². The summed E-state index contributed by atoms with van der Waals surface area (Å²) >= 11 is 0. The Morgan fingerprint density at radius 1 is 1.24 bits per heavy atom. The standard InChI is InChI=1S/C19H27N5O4.ClH/c1-13(25)22-7-9-23(10-8-22)17-6-5-14(11-18(17)24(27)28)19(26)21-16-4-2-3-15(16)12-20;/h5-6,11,15-16H,2-4,7-10,12,20H2,1H3,(H,21,26);1H. The van der Waals surface area contributed by atoms with Gasteiger partial charge in [0.2, 0.25) is 5.91 Å². The monoisotopic (exact) mass is 425 g/mol. The Balaban J connectivity index is 0.00000300. The van der Waals surface area contributed by atoms with Gasteiger partial charge in [0.1, 0.15) is 5.69 Å². The van der Waals surface area contributed by atoms with E-state index in [1.54, 1.807) is 17.0 Å². The van der Waals surface area contributed by atoms with Gasteiger partial charge in [0, 0.05) is 50.8 Å². The van der Waals surface area contributed by atoms with Gasteiger partial charge in [0.25, 0.3) is 11.6 Å². The zero-order valence-electron chi connectivity index (χ0n) is 16.5. The third-order valence-corrected chi connectivity index (χ3v) is 5.78. The molecule has 2 amide bonds. The van der Waals surface area contributed by atoms with Crippen LogP contribution in [-0.4, -0.2) is 60.4 Å². The summed E-state index contributed by atoms with van der Waals surface area (Å²) in [5.74, 6) is -0.0407. The van der Waals surface area contributed by atoms with Crippen LogP contribution in [0.2, 0.25) is 0 Å². The molecule has 1 aliphatic heterocycles. The quantitative estimate of drug-likeness (QED) is 0.545. The van der Waals surface area contributed by atoms with E-state index in [9.17, 15) is 19.7 Å². The number of benzene rings is 1. The van der Waals surface area contributed by atoms with Crippen LogP contribution in [0, 0.1) is 16.0 Å². The van der Waals surface area contributed by atoms with Gasteiger partial charge < -0.3 is 20.9 Å². The molecular weight excluding hydrogens is 398 g/mol. The molecule has 2 atom stereocenters. The van der Waals surface area contributed by atoms with E-state index >= 15 is 0 Å². The normalized spacial score (nSPS) is 21.4. The molecule has 10 heteroatoms. The molecule has 2 fully saturated rings. The van der Waals surface area contributed by atoms with E-state index in [0.717, 1.165) is 19.3 Å². The summed E-state index contributed by atoms with van der Waals surface area (Å²) < 4.78 is 0. The number of carbonyl (C=O) groups is 2. The molecule has 1 aromatic rings. The first-order valence-electron chi connectivity index (χ1n) is 9.70.